The maximum absolute atomic E-state index is 13.1. The topological polar surface area (TPSA) is 167 Å². The number of nitrogens with zero attached hydrogens (tertiary/aromatic N) is 8. The van der Waals surface area contributed by atoms with E-state index >= 15 is 0 Å². The highest BCUT2D eigenvalue weighted by atomic mass is 16.2. The van der Waals surface area contributed by atoms with Crippen molar-refractivity contribution in [2.24, 2.45) is 0 Å². The van der Waals surface area contributed by atoms with Gasteiger partial charge in [0, 0.05) is 59.8 Å². The predicted octanol–water partition coefficient (Wildman–Crippen LogP) is 6.67. The zero-order valence-corrected chi connectivity index (χ0v) is 32.2. The van der Waals surface area contributed by atoms with Crippen LogP contribution in [-0.4, -0.2) is 96.9 Å². The van der Waals surface area contributed by atoms with Crippen molar-refractivity contribution in [2.45, 2.75) is 38.5 Å². The van der Waals surface area contributed by atoms with Gasteiger partial charge in [-0.1, -0.05) is 46.8 Å². The van der Waals surface area contributed by atoms with Crippen molar-refractivity contribution in [1.29, 1.82) is 0 Å². The van der Waals surface area contributed by atoms with Crippen LogP contribution in [0.1, 0.15) is 38.5 Å². The van der Waals surface area contributed by atoms with E-state index in [4.69, 9.17) is 0 Å². The fourth-order valence-electron chi connectivity index (χ4n) is 7.28. The van der Waals surface area contributed by atoms with E-state index in [2.05, 4.69) is 51.7 Å². The Kier molecular flexibility index (Phi) is 11.9. The molecular formula is C43H46N12O3. The lowest BCUT2D eigenvalue weighted by molar-refractivity contribution is -0.117. The molecule has 2 aliphatic rings. The normalized spacial score (nSPS) is 14.3. The molecule has 2 aliphatic heterocycles. The summed E-state index contributed by atoms with van der Waals surface area (Å²) in [7, 11) is 0. The Morgan fingerprint density at radius 2 is 0.897 bits per heavy atom. The number of nitrogens with one attached hydrogen (secondary N) is 4. The molecule has 15 nitrogen and oxygen atoms in total. The van der Waals surface area contributed by atoms with Crippen LogP contribution in [0.15, 0.2) is 109 Å². The highest BCUT2D eigenvalue weighted by Gasteiger charge is 2.16. The Bertz CT molecular complexity index is 2210. The third-order valence-corrected chi connectivity index (χ3v) is 10.3. The van der Waals surface area contributed by atoms with E-state index in [1.807, 2.05) is 84.9 Å². The Labute approximate surface area is 336 Å². The first-order valence-electron chi connectivity index (χ1n) is 19.8. The molecule has 4 heterocycles. The summed E-state index contributed by atoms with van der Waals surface area (Å²) in [6.45, 7) is 5.79. The maximum Gasteiger partial charge on any atom is 0.323 e. The van der Waals surface area contributed by atoms with Crippen LogP contribution in [0.2, 0.25) is 0 Å². The maximum atomic E-state index is 13.1. The summed E-state index contributed by atoms with van der Waals surface area (Å²) in [4.78, 5) is 42.9. The molecule has 4 N–H and O–H groups in total. The van der Waals surface area contributed by atoms with Crippen LogP contribution in [0.5, 0.6) is 0 Å². The summed E-state index contributed by atoms with van der Waals surface area (Å²) in [5.41, 5.74) is 6.84. The monoisotopic (exact) mass is 778 g/mol. The zero-order valence-electron chi connectivity index (χ0n) is 32.2. The van der Waals surface area contributed by atoms with Gasteiger partial charge in [-0.05, 0) is 113 Å². The van der Waals surface area contributed by atoms with Crippen molar-refractivity contribution in [1.82, 2.24) is 39.8 Å². The number of hydrogen-bond acceptors (Lipinski definition) is 9. The van der Waals surface area contributed by atoms with Gasteiger partial charge in [0.15, 0.2) is 0 Å². The third-order valence-electron chi connectivity index (χ3n) is 10.3. The molecule has 0 spiro atoms. The Balaban J connectivity index is 0.856. The average molecular weight is 779 g/mol. The molecule has 2 fully saturated rings. The molecule has 2 saturated heterocycles. The van der Waals surface area contributed by atoms with Gasteiger partial charge < -0.3 is 31.1 Å². The van der Waals surface area contributed by atoms with Gasteiger partial charge in [-0.25, -0.2) is 14.2 Å². The molecule has 4 amide bonds. The zero-order chi connectivity index (χ0) is 39.7. The quantitative estimate of drug-likeness (QED) is 0.0944. The van der Waals surface area contributed by atoms with Crippen LogP contribution >= 0.6 is 0 Å². The van der Waals surface area contributed by atoms with Crippen molar-refractivity contribution >= 4 is 40.6 Å². The lowest BCUT2D eigenvalue weighted by Gasteiger charge is -2.14. The number of anilines is 4. The molecule has 0 atom stereocenters. The van der Waals surface area contributed by atoms with Crippen LogP contribution in [0, 0.1) is 0 Å². The number of aromatic nitrogens is 6. The molecule has 0 unspecified atom stereocenters. The molecule has 4 aromatic carbocycles. The fraction of sp³-hybridized carbons (Fsp3) is 0.279. The minimum absolute atomic E-state index is 0.0151. The summed E-state index contributed by atoms with van der Waals surface area (Å²) in [5, 5.41) is 29.2. The van der Waals surface area contributed by atoms with Gasteiger partial charge in [0.25, 0.3) is 0 Å². The molecule has 0 aliphatic carbocycles. The molecule has 0 bridgehead atoms. The fourth-order valence-corrected chi connectivity index (χ4v) is 7.28. The number of rotatable bonds is 14. The standard InChI is InChI=1S/C43H46N12O3/c56-41(17-23-52-19-1-2-20-52)44-35-13-7-15-37(27-35)54-29-39(48-50-54)31-9-5-11-33(25-31)46-43(58)47-34-12-6-10-32(26-34)40-30-55(51-49-40)38-16-8-14-36(28-38)45-42(57)18-24-53-21-3-4-22-53/h5-16,25-30H,1-4,17-24H2,(H,44,56)(H,45,57)(H2,46,47,58). The average Bonchev–Trinajstić information content (AvgIpc) is 4.08. The van der Waals surface area contributed by atoms with E-state index in [9.17, 15) is 14.4 Å². The van der Waals surface area contributed by atoms with Crippen molar-refractivity contribution in [3.8, 4) is 33.9 Å². The lowest BCUT2D eigenvalue weighted by atomic mass is 10.1. The number of amides is 4. The lowest BCUT2D eigenvalue weighted by Crippen LogP contribution is -2.25. The first-order chi connectivity index (χ1) is 28.4. The van der Waals surface area contributed by atoms with E-state index < -0.39 is 6.03 Å². The highest BCUT2D eigenvalue weighted by molar-refractivity contribution is 6.00. The molecule has 2 aromatic heterocycles. The molecule has 0 radical (unpaired) electrons. The minimum Gasteiger partial charge on any atom is -0.326 e. The molecular weight excluding hydrogens is 733 g/mol. The largest absolute Gasteiger partial charge is 0.326 e. The van der Waals surface area contributed by atoms with Crippen LogP contribution in [0.25, 0.3) is 33.9 Å². The summed E-state index contributed by atoms with van der Waals surface area (Å²) in [6.07, 6.45) is 9.32. The predicted molar refractivity (Wildman–Crippen MR) is 224 cm³/mol. The summed E-state index contributed by atoms with van der Waals surface area (Å²) in [5.74, 6) is -0.0302. The van der Waals surface area contributed by atoms with Crippen LogP contribution in [0.4, 0.5) is 27.5 Å². The Morgan fingerprint density at radius 1 is 0.500 bits per heavy atom. The first-order valence-corrected chi connectivity index (χ1v) is 19.8. The highest BCUT2D eigenvalue weighted by Crippen LogP contribution is 2.25. The van der Waals surface area contributed by atoms with E-state index in [1.54, 1.807) is 33.9 Å². The number of likely N-dealkylation sites (tertiary alicyclic amines) is 2. The van der Waals surface area contributed by atoms with E-state index in [-0.39, 0.29) is 11.8 Å². The second-order valence-corrected chi connectivity index (χ2v) is 14.6. The Morgan fingerprint density at radius 3 is 1.33 bits per heavy atom. The van der Waals surface area contributed by atoms with Crippen LogP contribution < -0.4 is 21.3 Å². The van der Waals surface area contributed by atoms with E-state index in [0.717, 1.165) is 61.8 Å². The minimum atomic E-state index is -0.416. The molecule has 8 rings (SSSR count). The van der Waals surface area contributed by atoms with Crippen molar-refractivity contribution in [2.75, 3.05) is 60.5 Å². The number of urea groups is 1. The SMILES string of the molecule is O=C(CCN1CCCC1)Nc1cccc(-n2cc(-c3cccc(NC(=O)Nc4cccc(-c5cn(-c6cccc(NC(=O)CCN7CCCC7)c6)nn5)c4)c3)nn2)c1. The smallest absolute Gasteiger partial charge is 0.323 e. The van der Waals surface area contributed by atoms with E-state index in [0.29, 0.717) is 47.0 Å². The van der Waals surface area contributed by atoms with Gasteiger partial charge in [0.2, 0.25) is 11.8 Å². The summed E-state index contributed by atoms with van der Waals surface area (Å²) < 4.78 is 3.31. The van der Waals surface area contributed by atoms with Gasteiger partial charge in [0.05, 0.1) is 23.8 Å². The van der Waals surface area contributed by atoms with E-state index in [1.165, 1.54) is 25.7 Å². The van der Waals surface area contributed by atoms with Gasteiger partial charge in [-0.3, -0.25) is 9.59 Å². The molecule has 58 heavy (non-hydrogen) atoms. The van der Waals surface area contributed by atoms with Gasteiger partial charge >= 0.3 is 6.03 Å². The number of carbonyl (C=O) groups excluding carboxylic acids is 3. The molecule has 6 aromatic rings. The number of benzene rings is 4. The van der Waals surface area contributed by atoms with Crippen molar-refractivity contribution in [3.63, 3.8) is 0 Å². The van der Waals surface area contributed by atoms with Crippen molar-refractivity contribution in [3.05, 3.63) is 109 Å². The molecule has 296 valence electrons. The van der Waals surface area contributed by atoms with Gasteiger partial charge in [-0.2, -0.15) is 0 Å². The number of carbonyl (C=O) groups is 3. The van der Waals surface area contributed by atoms with Crippen molar-refractivity contribution < 1.29 is 14.4 Å². The Hall–Kier alpha value is -6.71. The summed E-state index contributed by atoms with van der Waals surface area (Å²) in [6, 6.07) is 29.3. The van der Waals surface area contributed by atoms with Crippen LogP contribution in [0.3, 0.4) is 0 Å². The van der Waals surface area contributed by atoms with Crippen LogP contribution in [-0.2, 0) is 9.59 Å². The summed E-state index contributed by atoms with van der Waals surface area (Å²) >= 11 is 0. The second kappa shape index (κ2) is 18.0. The molecule has 0 saturated carbocycles. The van der Waals surface area contributed by atoms with Gasteiger partial charge in [-0.15, -0.1) is 10.2 Å². The first kappa shape index (κ1) is 38.2. The number of hydrogen-bond donors (Lipinski definition) is 4. The third kappa shape index (κ3) is 9.99. The molecule has 15 heteroatoms. The van der Waals surface area contributed by atoms with Gasteiger partial charge in [0.1, 0.15) is 11.4 Å². The second-order valence-electron chi connectivity index (χ2n) is 14.6.